The van der Waals surface area contributed by atoms with E-state index in [4.69, 9.17) is 21.1 Å². The number of carbonyl (C=O) groups excluding carboxylic acids is 2. The molecule has 48 heavy (non-hydrogen) atoms. The number of aromatic nitrogens is 2. The maximum Gasteiger partial charge on any atom is 0.301 e. The van der Waals surface area contributed by atoms with Gasteiger partial charge in [-0.1, -0.05) is 109 Å². The van der Waals surface area contributed by atoms with Crippen molar-refractivity contribution in [3.8, 4) is 11.5 Å². The molecule has 2 heterocycles. The van der Waals surface area contributed by atoms with Gasteiger partial charge in [-0.3, -0.25) is 14.5 Å². The molecule has 8 nitrogen and oxygen atoms in total. The molecule has 0 aliphatic carbocycles. The third-order valence-corrected chi connectivity index (χ3v) is 10.2. The minimum Gasteiger partial charge on any atom is -0.507 e. The van der Waals surface area contributed by atoms with Crippen molar-refractivity contribution in [2.75, 3.05) is 11.5 Å². The minimum atomic E-state index is -0.956. The SMILES string of the molecule is CCCCOc1ccc(/C(O)=C2/C(=O)C(=O)N(c3nnc(SCc4ccccc4Cl)s3)C2c2ccc(OCc3ccccc3)cc2)cc1. The average Bonchev–Trinajstić information content (AvgIpc) is 3.69. The number of hydrogen-bond acceptors (Lipinski definition) is 9. The van der Waals surface area contributed by atoms with E-state index in [9.17, 15) is 14.7 Å². The van der Waals surface area contributed by atoms with Crippen LogP contribution in [0.2, 0.25) is 5.02 Å². The standard InChI is InChI=1S/C37H32ClN3O5S2/c1-2-3-21-45-28-19-15-26(16-20-28)33(42)31-32(25-13-17-29(18-14-25)46-22-24-9-5-4-6-10-24)41(35(44)34(31)43)36-39-40-37(48-36)47-23-27-11-7-8-12-30(27)38/h4-20,32,42H,2-3,21-23H2,1H3/b33-31-. The lowest BCUT2D eigenvalue weighted by Crippen LogP contribution is -2.29. The maximum absolute atomic E-state index is 13.7. The van der Waals surface area contributed by atoms with Crippen LogP contribution in [0.1, 0.15) is 48.1 Å². The first-order chi connectivity index (χ1) is 23.4. The van der Waals surface area contributed by atoms with E-state index in [1.807, 2.05) is 54.6 Å². The molecule has 1 amide bonds. The number of benzene rings is 4. The van der Waals surface area contributed by atoms with Crippen molar-refractivity contribution in [3.63, 3.8) is 0 Å². The number of ketones is 1. The van der Waals surface area contributed by atoms with Gasteiger partial charge in [0.25, 0.3) is 5.78 Å². The first kappa shape index (κ1) is 33.3. The molecule has 1 unspecified atom stereocenters. The van der Waals surface area contributed by atoms with Crippen molar-refractivity contribution in [1.29, 1.82) is 0 Å². The topological polar surface area (TPSA) is 102 Å². The summed E-state index contributed by atoms with van der Waals surface area (Å²) in [5, 5.41) is 21.1. The molecule has 5 aromatic rings. The van der Waals surface area contributed by atoms with Crippen LogP contribution in [0, 0.1) is 0 Å². The molecule has 1 aromatic heterocycles. The highest BCUT2D eigenvalue weighted by atomic mass is 35.5. The zero-order valence-corrected chi connectivity index (χ0v) is 28.4. The van der Waals surface area contributed by atoms with E-state index in [1.165, 1.54) is 28.0 Å². The van der Waals surface area contributed by atoms with E-state index < -0.39 is 17.7 Å². The number of carbonyl (C=O) groups is 2. The summed E-state index contributed by atoms with van der Waals surface area (Å²) in [5.41, 5.74) is 2.91. The number of nitrogens with zero attached hydrogens (tertiary/aromatic N) is 3. The third kappa shape index (κ3) is 7.57. The zero-order valence-electron chi connectivity index (χ0n) is 26.0. The van der Waals surface area contributed by atoms with Crippen LogP contribution in [-0.2, 0) is 21.9 Å². The summed E-state index contributed by atoms with van der Waals surface area (Å²) >= 11 is 8.96. The van der Waals surface area contributed by atoms with Gasteiger partial charge < -0.3 is 14.6 Å². The normalized spacial score (nSPS) is 15.5. The number of rotatable bonds is 13. The molecule has 1 saturated heterocycles. The number of hydrogen-bond donors (Lipinski definition) is 1. The molecule has 4 aromatic carbocycles. The number of halogens is 1. The van der Waals surface area contributed by atoms with Crippen LogP contribution in [0.3, 0.4) is 0 Å². The molecule has 244 valence electrons. The molecule has 11 heteroatoms. The van der Waals surface area contributed by atoms with Gasteiger partial charge in [0.1, 0.15) is 23.9 Å². The van der Waals surface area contributed by atoms with Gasteiger partial charge in [-0.05, 0) is 65.6 Å². The molecular formula is C37H32ClN3O5S2. The largest absolute Gasteiger partial charge is 0.507 e. The summed E-state index contributed by atoms with van der Waals surface area (Å²) < 4.78 is 12.3. The first-order valence-corrected chi connectivity index (χ1v) is 17.6. The molecule has 0 bridgehead atoms. The summed E-state index contributed by atoms with van der Waals surface area (Å²) in [7, 11) is 0. The van der Waals surface area contributed by atoms with Crippen LogP contribution in [0.15, 0.2) is 113 Å². The molecule has 1 aliphatic rings. The summed E-state index contributed by atoms with van der Waals surface area (Å²) in [6, 6.07) is 30.4. The number of ether oxygens (including phenoxy) is 2. The lowest BCUT2D eigenvalue weighted by Gasteiger charge is -2.22. The van der Waals surface area contributed by atoms with Crippen molar-refractivity contribution >= 4 is 57.3 Å². The van der Waals surface area contributed by atoms with Crippen LogP contribution in [0.4, 0.5) is 5.13 Å². The smallest absolute Gasteiger partial charge is 0.301 e. The Kier molecular flexibility index (Phi) is 10.7. The number of unbranched alkanes of at least 4 members (excludes halogenated alkanes) is 1. The Hall–Kier alpha value is -4.64. The Balaban J connectivity index is 1.32. The van der Waals surface area contributed by atoms with Crippen molar-refractivity contribution in [1.82, 2.24) is 10.2 Å². The lowest BCUT2D eigenvalue weighted by atomic mass is 9.95. The summed E-state index contributed by atoms with van der Waals surface area (Å²) in [6.45, 7) is 3.05. The van der Waals surface area contributed by atoms with E-state index in [2.05, 4.69) is 17.1 Å². The predicted octanol–water partition coefficient (Wildman–Crippen LogP) is 8.87. The quantitative estimate of drug-likeness (QED) is 0.0325. The fraction of sp³-hybridized carbons (Fsp3) is 0.189. The maximum atomic E-state index is 13.7. The highest BCUT2D eigenvalue weighted by Crippen LogP contribution is 2.44. The third-order valence-electron chi connectivity index (χ3n) is 7.69. The van der Waals surface area contributed by atoms with Crippen LogP contribution in [-0.4, -0.2) is 33.6 Å². The van der Waals surface area contributed by atoms with Crippen LogP contribution in [0.5, 0.6) is 11.5 Å². The first-order valence-electron chi connectivity index (χ1n) is 15.4. The monoisotopic (exact) mass is 697 g/mol. The average molecular weight is 698 g/mol. The Morgan fingerprint density at radius 3 is 2.31 bits per heavy atom. The van der Waals surface area contributed by atoms with Crippen LogP contribution >= 0.6 is 34.7 Å². The summed E-state index contributed by atoms with van der Waals surface area (Å²) in [5.74, 6) is -0.0802. The molecule has 6 rings (SSSR count). The van der Waals surface area contributed by atoms with Gasteiger partial charge in [-0.2, -0.15) is 0 Å². The van der Waals surface area contributed by atoms with Gasteiger partial charge in [-0.15, -0.1) is 10.2 Å². The van der Waals surface area contributed by atoms with E-state index >= 15 is 0 Å². The number of aliphatic hydroxyl groups is 1. The summed E-state index contributed by atoms with van der Waals surface area (Å²) in [6.07, 6.45) is 1.93. The van der Waals surface area contributed by atoms with E-state index in [0.717, 1.165) is 24.0 Å². The molecule has 0 saturated carbocycles. The number of aliphatic hydroxyl groups excluding tert-OH is 1. The van der Waals surface area contributed by atoms with Gasteiger partial charge >= 0.3 is 5.91 Å². The fourth-order valence-electron chi connectivity index (χ4n) is 5.14. The zero-order chi connectivity index (χ0) is 33.5. The molecule has 0 spiro atoms. The van der Waals surface area contributed by atoms with Crippen molar-refractivity contribution in [3.05, 3.63) is 136 Å². The second kappa shape index (κ2) is 15.5. The van der Waals surface area contributed by atoms with Gasteiger partial charge in [-0.25, -0.2) is 0 Å². The van der Waals surface area contributed by atoms with Crippen LogP contribution < -0.4 is 14.4 Å². The number of anilines is 1. The number of amides is 1. The van der Waals surface area contributed by atoms with Gasteiger partial charge in [0.2, 0.25) is 5.13 Å². The minimum absolute atomic E-state index is 0.0434. The molecule has 1 atom stereocenters. The van der Waals surface area contributed by atoms with E-state index in [0.29, 0.717) is 51.0 Å². The number of thioether (sulfide) groups is 1. The van der Waals surface area contributed by atoms with E-state index in [1.54, 1.807) is 48.5 Å². The van der Waals surface area contributed by atoms with Gasteiger partial charge in [0.15, 0.2) is 4.34 Å². The Bertz CT molecular complexity index is 1910. The van der Waals surface area contributed by atoms with Crippen molar-refractivity contribution in [2.24, 2.45) is 0 Å². The van der Waals surface area contributed by atoms with E-state index in [-0.39, 0.29) is 16.5 Å². The second-order valence-electron chi connectivity index (χ2n) is 11.0. The van der Waals surface area contributed by atoms with Gasteiger partial charge in [0.05, 0.1) is 18.2 Å². The fourth-order valence-corrected chi connectivity index (χ4v) is 7.30. The Morgan fingerprint density at radius 1 is 0.896 bits per heavy atom. The Labute approximate surface area is 292 Å². The second-order valence-corrected chi connectivity index (χ2v) is 13.6. The Morgan fingerprint density at radius 2 is 1.58 bits per heavy atom. The molecule has 1 aliphatic heterocycles. The highest BCUT2D eigenvalue weighted by Gasteiger charge is 2.48. The molecule has 0 radical (unpaired) electrons. The highest BCUT2D eigenvalue weighted by molar-refractivity contribution is 8.00. The summed E-state index contributed by atoms with van der Waals surface area (Å²) in [4.78, 5) is 28.7. The van der Waals surface area contributed by atoms with Crippen molar-refractivity contribution < 1.29 is 24.2 Å². The lowest BCUT2D eigenvalue weighted by molar-refractivity contribution is -0.132. The van der Waals surface area contributed by atoms with Crippen LogP contribution in [0.25, 0.3) is 5.76 Å². The number of Topliss-reactive ketones (excluding diaryl/α,β-unsaturated/α-hetero) is 1. The van der Waals surface area contributed by atoms with Gasteiger partial charge in [0, 0.05) is 16.3 Å². The molecule has 1 N–H and O–H groups in total. The predicted molar refractivity (Wildman–Crippen MR) is 190 cm³/mol. The molecular weight excluding hydrogens is 666 g/mol. The molecule has 1 fully saturated rings. The van der Waals surface area contributed by atoms with Crippen molar-refractivity contribution in [2.45, 2.75) is 42.5 Å².